The summed E-state index contributed by atoms with van der Waals surface area (Å²) in [4.78, 5) is 10.9. The van der Waals surface area contributed by atoms with Gasteiger partial charge in [-0.25, -0.2) is 0 Å². The molecule has 0 heterocycles. The summed E-state index contributed by atoms with van der Waals surface area (Å²) in [5, 5.41) is 0. The molecule has 17 heavy (non-hydrogen) atoms. The molecule has 0 aliphatic carbocycles. The number of hydrogen-bond donors (Lipinski definition) is 2. The molecule has 0 saturated heterocycles. The van der Waals surface area contributed by atoms with E-state index < -0.39 is 11.4 Å². The van der Waals surface area contributed by atoms with E-state index in [4.69, 9.17) is 20.9 Å². The van der Waals surface area contributed by atoms with Crippen molar-refractivity contribution in [1.82, 2.24) is 0 Å². The van der Waals surface area contributed by atoms with E-state index in [-0.39, 0.29) is 0 Å². The Labute approximate surface area is 104 Å². The summed E-state index contributed by atoms with van der Waals surface area (Å²) in [6.07, 6.45) is 1.26. The van der Waals surface area contributed by atoms with Crippen molar-refractivity contribution in [3.05, 3.63) is 0 Å². The van der Waals surface area contributed by atoms with Crippen molar-refractivity contribution in [3.8, 4) is 0 Å². The molecule has 0 rings (SSSR count). The zero-order valence-electron chi connectivity index (χ0n) is 11.2. The molecule has 0 aromatic rings. The first kappa shape index (κ1) is 16.4. The van der Waals surface area contributed by atoms with Gasteiger partial charge in [-0.3, -0.25) is 4.79 Å². The molecule has 0 aromatic heterocycles. The van der Waals surface area contributed by atoms with Crippen LogP contribution in [0.1, 0.15) is 33.6 Å². The molecule has 0 fully saturated rings. The first-order valence-corrected chi connectivity index (χ1v) is 6.10. The van der Waals surface area contributed by atoms with Gasteiger partial charge in [0.1, 0.15) is 0 Å². The van der Waals surface area contributed by atoms with Crippen LogP contribution in [-0.4, -0.2) is 37.9 Å². The Morgan fingerprint density at radius 1 is 1.24 bits per heavy atom. The third kappa shape index (κ3) is 9.09. The highest BCUT2D eigenvalue weighted by atomic mass is 16.5. The molecule has 4 N–H and O–H groups in total. The SMILES string of the molecule is CC(C)COCCOCCCC(C)(N)C(N)=O. The Bertz CT molecular complexity index is 218. The van der Waals surface area contributed by atoms with Crippen LogP contribution >= 0.6 is 0 Å². The van der Waals surface area contributed by atoms with E-state index in [1.807, 2.05) is 0 Å². The summed E-state index contributed by atoms with van der Waals surface area (Å²) < 4.78 is 10.7. The molecule has 5 heteroatoms. The first-order chi connectivity index (χ1) is 7.86. The van der Waals surface area contributed by atoms with E-state index in [1.54, 1.807) is 6.92 Å². The van der Waals surface area contributed by atoms with E-state index in [0.717, 1.165) is 13.0 Å². The summed E-state index contributed by atoms with van der Waals surface area (Å²) in [5.41, 5.74) is 9.92. The smallest absolute Gasteiger partial charge is 0.237 e. The van der Waals surface area contributed by atoms with Crippen molar-refractivity contribution in [2.45, 2.75) is 39.2 Å². The van der Waals surface area contributed by atoms with Crippen LogP contribution in [0.15, 0.2) is 0 Å². The number of amides is 1. The molecule has 0 bridgehead atoms. The summed E-state index contributed by atoms with van der Waals surface area (Å²) in [6, 6.07) is 0. The van der Waals surface area contributed by atoms with Crippen molar-refractivity contribution in [1.29, 1.82) is 0 Å². The summed E-state index contributed by atoms with van der Waals surface area (Å²) in [6.45, 7) is 8.36. The molecule has 0 saturated carbocycles. The number of nitrogens with two attached hydrogens (primary N) is 2. The van der Waals surface area contributed by atoms with Crippen LogP contribution in [0.3, 0.4) is 0 Å². The van der Waals surface area contributed by atoms with Crippen molar-refractivity contribution < 1.29 is 14.3 Å². The number of ether oxygens (including phenoxy) is 2. The van der Waals surface area contributed by atoms with E-state index in [9.17, 15) is 4.79 Å². The lowest BCUT2D eigenvalue weighted by molar-refractivity contribution is -0.122. The van der Waals surface area contributed by atoms with Gasteiger partial charge in [-0.1, -0.05) is 13.8 Å². The predicted molar refractivity (Wildman–Crippen MR) is 67.5 cm³/mol. The van der Waals surface area contributed by atoms with E-state index in [0.29, 0.717) is 32.2 Å². The molecule has 5 nitrogen and oxygen atoms in total. The summed E-state index contributed by atoms with van der Waals surface area (Å²) in [5.74, 6) is 0.0706. The topological polar surface area (TPSA) is 87.6 Å². The van der Waals surface area contributed by atoms with Gasteiger partial charge >= 0.3 is 0 Å². The van der Waals surface area contributed by atoms with Crippen LogP contribution in [0.25, 0.3) is 0 Å². The Kier molecular flexibility index (Phi) is 8.12. The van der Waals surface area contributed by atoms with Crippen LogP contribution in [-0.2, 0) is 14.3 Å². The minimum atomic E-state index is -0.933. The Morgan fingerprint density at radius 2 is 1.82 bits per heavy atom. The van der Waals surface area contributed by atoms with Crippen LogP contribution in [0.2, 0.25) is 0 Å². The number of carbonyl (C=O) groups excluding carboxylic acids is 1. The Balaban J connectivity index is 3.33. The molecular formula is C12H26N2O3. The molecule has 0 aliphatic rings. The predicted octanol–water partition coefficient (Wildman–Crippen LogP) is 0.659. The summed E-state index contributed by atoms with van der Waals surface area (Å²) in [7, 11) is 0. The highest BCUT2D eigenvalue weighted by Gasteiger charge is 2.24. The van der Waals surface area contributed by atoms with Gasteiger partial charge in [0.05, 0.1) is 18.8 Å². The van der Waals surface area contributed by atoms with E-state index in [2.05, 4.69) is 13.8 Å². The quantitative estimate of drug-likeness (QED) is 0.554. The first-order valence-electron chi connectivity index (χ1n) is 6.10. The van der Waals surface area contributed by atoms with Gasteiger partial charge in [0, 0.05) is 13.2 Å². The largest absolute Gasteiger partial charge is 0.379 e. The van der Waals surface area contributed by atoms with Gasteiger partial charge in [0.2, 0.25) is 5.91 Å². The lowest BCUT2D eigenvalue weighted by atomic mass is 9.97. The average Bonchev–Trinajstić information content (AvgIpc) is 2.21. The minimum Gasteiger partial charge on any atom is -0.379 e. The number of carbonyl (C=O) groups is 1. The van der Waals surface area contributed by atoms with Crippen molar-refractivity contribution >= 4 is 5.91 Å². The fourth-order valence-corrected chi connectivity index (χ4v) is 1.20. The third-order valence-corrected chi connectivity index (χ3v) is 2.37. The molecule has 0 aromatic carbocycles. The van der Waals surface area contributed by atoms with E-state index >= 15 is 0 Å². The molecule has 1 atom stereocenters. The molecular weight excluding hydrogens is 220 g/mol. The lowest BCUT2D eigenvalue weighted by Gasteiger charge is -2.19. The highest BCUT2D eigenvalue weighted by Crippen LogP contribution is 2.07. The van der Waals surface area contributed by atoms with Gasteiger partial charge in [0.15, 0.2) is 0 Å². The molecule has 0 spiro atoms. The second-order valence-corrected chi connectivity index (χ2v) is 4.97. The van der Waals surface area contributed by atoms with Crippen LogP contribution in [0, 0.1) is 5.92 Å². The zero-order valence-corrected chi connectivity index (χ0v) is 11.2. The lowest BCUT2D eigenvalue weighted by Crippen LogP contribution is -2.49. The molecule has 0 radical (unpaired) electrons. The molecule has 1 unspecified atom stereocenters. The maximum atomic E-state index is 10.9. The fourth-order valence-electron chi connectivity index (χ4n) is 1.20. The van der Waals surface area contributed by atoms with Crippen LogP contribution < -0.4 is 11.5 Å². The number of rotatable bonds is 10. The maximum Gasteiger partial charge on any atom is 0.237 e. The Hall–Kier alpha value is -0.650. The van der Waals surface area contributed by atoms with Gasteiger partial charge in [-0.05, 0) is 25.7 Å². The third-order valence-electron chi connectivity index (χ3n) is 2.37. The second-order valence-electron chi connectivity index (χ2n) is 4.97. The normalized spacial score (nSPS) is 14.9. The molecule has 0 aliphatic heterocycles. The average molecular weight is 246 g/mol. The van der Waals surface area contributed by atoms with Crippen LogP contribution in [0.5, 0.6) is 0 Å². The van der Waals surface area contributed by atoms with Crippen molar-refractivity contribution in [2.24, 2.45) is 17.4 Å². The fraction of sp³-hybridized carbons (Fsp3) is 0.917. The van der Waals surface area contributed by atoms with Crippen molar-refractivity contribution in [3.63, 3.8) is 0 Å². The zero-order chi connectivity index (χ0) is 13.3. The Morgan fingerprint density at radius 3 is 2.35 bits per heavy atom. The van der Waals surface area contributed by atoms with Gasteiger partial charge in [-0.2, -0.15) is 0 Å². The minimum absolute atomic E-state index is 0.474. The van der Waals surface area contributed by atoms with Gasteiger partial charge < -0.3 is 20.9 Å². The van der Waals surface area contributed by atoms with E-state index in [1.165, 1.54) is 0 Å². The molecule has 1 amide bonds. The van der Waals surface area contributed by atoms with Gasteiger partial charge in [0.25, 0.3) is 0 Å². The van der Waals surface area contributed by atoms with Crippen LogP contribution in [0.4, 0.5) is 0 Å². The van der Waals surface area contributed by atoms with Crippen molar-refractivity contribution in [2.75, 3.05) is 26.4 Å². The highest BCUT2D eigenvalue weighted by molar-refractivity contribution is 5.83. The maximum absolute atomic E-state index is 10.9. The second kappa shape index (κ2) is 8.44. The summed E-state index contributed by atoms with van der Waals surface area (Å²) >= 11 is 0. The standard InChI is InChI=1S/C12H26N2O3/c1-10(2)9-17-8-7-16-6-4-5-12(3,14)11(13)15/h10H,4-9,14H2,1-3H3,(H2,13,15). The monoisotopic (exact) mass is 246 g/mol. The number of hydrogen-bond acceptors (Lipinski definition) is 4. The molecule has 102 valence electrons. The number of primary amides is 1. The van der Waals surface area contributed by atoms with Gasteiger partial charge in [-0.15, -0.1) is 0 Å².